The molecule has 1 N–H and O–H groups in total. The van der Waals surface area contributed by atoms with Crippen molar-refractivity contribution in [2.24, 2.45) is 0 Å². The second kappa shape index (κ2) is 6.83. The zero-order chi connectivity index (χ0) is 16.1. The lowest BCUT2D eigenvalue weighted by atomic mass is 10.0. The maximum absolute atomic E-state index is 12.2. The zero-order valence-corrected chi connectivity index (χ0v) is 12.7. The van der Waals surface area contributed by atoms with Crippen molar-refractivity contribution in [2.45, 2.75) is 13.0 Å². The molecule has 2 heterocycles. The summed E-state index contributed by atoms with van der Waals surface area (Å²) >= 11 is 0. The van der Waals surface area contributed by atoms with E-state index in [9.17, 15) is 4.79 Å². The topological polar surface area (TPSA) is 55.4 Å². The third-order valence-corrected chi connectivity index (χ3v) is 3.41. The van der Waals surface area contributed by atoms with E-state index in [0.717, 1.165) is 11.3 Å². The van der Waals surface area contributed by atoms with E-state index < -0.39 is 0 Å². The normalized spacial score (nSPS) is 12.4. The molecule has 0 spiro atoms. The summed E-state index contributed by atoms with van der Waals surface area (Å²) in [6.07, 6.45) is 4.70. The highest BCUT2D eigenvalue weighted by molar-refractivity contribution is 5.91. The van der Waals surface area contributed by atoms with Crippen molar-refractivity contribution < 1.29 is 13.6 Å². The smallest absolute Gasteiger partial charge is 0.244 e. The van der Waals surface area contributed by atoms with E-state index in [1.807, 2.05) is 55.5 Å². The molecule has 3 aromatic rings. The van der Waals surface area contributed by atoms with Gasteiger partial charge in [0.25, 0.3) is 0 Å². The Kier molecular flexibility index (Phi) is 4.43. The first-order valence-corrected chi connectivity index (χ1v) is 7.36. The Labute approximate surface area is 134 Å². The molecule has 0 bridgehead atoms. The van der Waals surface area contributed by atoms with Crippen molar-refractivity contribution in [1.82, 2.24) is 5.32 Å². The molecule has 2 aromatic heterocycles. The first-order valence-electron chi connectivity index (χ1n) is 7.36. The van der Waals surface area contributed by atoms with E-state index in [1.165, 1.54) is 6.08 Å². The van der Waals surface area contributed by atoms with Gasteiger partial charge in [-0.15, -0.1) is 0 Å². The van der Waals surface area contributed by atoms with Crippen LogP contribution in [0.15, 0.2) is 75.8 Å². The molecule has 0 aliphatic heterocycles. The summed E-state index contributed by atoms with van der Waals surface area (Å²) in [5, 5.41) is 2.95. The van der Waals surface area contributed by atoms with Crippen LogP contribution in [-0.4, -0.2) is 5.91 Å². The number of amides is 1. The van der Waals surface area contributed by atoms with Gasteiger partial charge < -0.3 is 14.2 Å². The van der Waals surface area contributed by atoms with E-state index in [0.29, 0.717) is 11.5 Å². The molecule has 1 aromatic carbocycles. The minimum atomic E-state index is -0.332. The lowest BCUT2D eigenvalue weighted by molar-refractivity contribution is -0.117. The van der Waals surface area contributed by atoms with Crippen LogP contribution in [0.5, 0.6) is 0 Å². The Morgan fingerprint density at radius 3 is 2.57 bits per heavy atom. The van der Waals surface area contributed by atoms with Crippen LogP contribution in [0.3, 0.4) is 0 Å². The standard InChI is InChI=1S/C19H17NO3/c1-14-9-10-16(23-14)11-12-18(21)20-19(17-8-5-13-22-17)15-6-3-2-4-7-15/h2-13,19H,1H3,(H,20,21)/b12-11-/t19-/m0/s1. The predicted molar refractivity (Wildman–Crippen MR) is 87.6 cm³/mol. The van der Waals surface area contributed by atoms with Gasteiger partial charge in [-0.3, -0.25) is 4.79 Å². The number of furan rings is 2. The quantitative estimate of drug-likeness (QED) is 0.722. The van der Waals surface area contributed by atoms with Gasteiger partial charge in [0.05, 0.1) is 6.26 Å². The molecule has 0 radical (unpaired) electrons. The molecule has 1 amide bonds. The summed E-state index contributed by atoms with van der Waals surface area (Å²) < 4.78 is 10.9. The highest BCUT2D eigenvalue weighted by Crippen LogP contribution is 2.22. The summed E-state index contributed by atoms with van der Waals surface area (Å²) in [7, 11) is 0. The number of benzene rings is 1. The predicted octanol–water partition coefficient (Wildman–Crippen LogP) is 4.10. The molecule has 0 aliphatic carbocycles. The van der Waals surface area contributed by atoms with Gasteiger partial charge in [-0.25, -0.2) is 0 Å². The van der Waals surface area contributed by atoms with Crippen LogP contribution in [0, 0.1) is 6.92 Å². The van der Waals surface area contributed by atoms with E-state index in [-0.39, 0.29) is 11.9 Å². The maximum Gasteiger partial charge on any atom is 0.244 e. The highest BCUT2D eigenvalue weighted by atomic mass is 16.3. The first-order chi connectivity index (χ1) is 11.2. The number of aryl methyl sites for hydroxylation is 1. The highest BCUT2D eigenvalue weighted by Gasteiger charge is 2.18. The van der Waals surface area contributed by atoms with Gasteiger partial charge in [-0.05, 0) is 42.8 Å². The third-order valence-electron chi connectivity index (χ3n) is 3.41. The molecule has 0 aliphatic rings. The van der Waals surface area contributed by atoms with Crippen molar-refractivity contribution in [3.8, 4) is 0 Å². The minimum Gasteiger partial charge on any atom is -0.467 e. The molecule has 0 saturated heterocycles. The SMILES string of the molecule is Cc1ccc(/C=C\C(=O)N[C@@H](c2ccccc2)c2ccco2)o1. The van der Waals surface area contributed by atoms with Crippen molar-refractivity contribution in [3.63, 3.8) is 0 Å². The summed E-state index contributed by atoms with van der Waals surface area (Å²) in [5.41, 5.74) is 0.957. The Morgan fingerprint density at radius 1 is 1.09 bits per heavy atom. The van der Waals surface area contributed by atoms with Crippen LogP contribution in [0.2, 0.25) is 0 Å². The summed E-state index contributed by atoms with van der Waals surface area (Å²) in [6, 6.07) is 16.7. The van der Waals surface area contributed by atoms with Crippen molar-refractivity contribution in [3.05, 3.63) is 89.8 Å². The number of hydrogen-bond donors (Lipinski definition) is 1. The van der Waals surface area contributed by atoms with Crippen molar-refractivity contribution in [1.29, 1.82) is 0 Å². The van der Waals surface area contributed by atoms with Crippen LogP contribution in [0.25, 0.3) is 6.08 Å². The van der Waals surface area contributed by atoms with Crippen molar-refractivity contribution >= 4 is 12.0 Å². The number of nitrogens with one attached hydrogen (secondary N) is 1. The zero-order valence-electron chi connectivity index (χ0n) is 12.7. The molecule has 0 unspecified atom stereocenters. The lowest BCUT2D eigenvalue weighted by Crippen LogP contribution is -2.27. The van der Waals surface area contributed by atoms with E-state index in [4.69, 9.17) is 8.83 Å². The third kappa shape index (κ3) is 3.80. The summed E-state index contributed by atoms with van der Waals surface area (Å²) in [6.45, 7) is 1.86. The van der Waals surface area contributed by atoms with Crippen LogP contribution in [-0.2, 0) is 4.79 Å². The van der Waals surface area contributed by atoms with Gasteiger partial charge in [-0.1, -0.05) is 30.3 Å². The molecule has 4 nitrogen and oxygen atoms in total. The molecular formula is C19H17NO3. The summed E-state index contributed by atoms with van der Waals surface area (Å²) in [4.78, 5) is 12.2. The molecule has 4 heteroatoms. The van der Waals surface area contributed by atoms with Crippen LogP contribution < -0.4 is 5.32 Å². The maximum atomic E-state index is 12.2. The molecule has 116 valence electrons. The van der Waals surface area contributed by atoms with Crippen LogP contribution >= 0.6 is 0 Å². The van der Waals surface area contributed by atoms with Gasteiger partial charge >= 0.3 is 0 Å². The van der Waals surface area contributed by atoms with Gasteiger partial charge in [0.15, 0.2) is 0 Å². The lowest BCUT2D eigenvalue weighted by Gasteiger charge is -2.16. The Balaban J connectivity index is 1.76. The average Bonchev–Trinajstić information content (AvgIpc) is 3.23. The number of hydrogen-bond acceptors (Lipinski definition) is 3. The molecular weight excluding hydrogens is 290 g/mol. The Morgan fingerprint density at radius 2 is 1.91 bits per heavy atom. The fourth-order valence-electron chi connectivity index (χ4n) is 2.31. The fourth-order valence-corrected chi connectivity index (χ4v) is 2.31. The number of carbonyl (C=O) groups is 1. The second-order valence-corrected chi connectivity index (χ2v) is 5.15. The molecule has 3 rings (SSSR count). The van der Waals surface area contributed by atoms with Gasteiger partial charge in [0, 0.05) is 6.08 Å². The van der Waals surface area contributed by atoms with E-state index in [2.05, 4.69) is 5.32 Å². The largest absolute Gasteiger partial charge is 0.467 e. The monoisotopic (exact) mass is 307 g/mol. The van der Waals surface area contributed by atoms with Crippen LogP contribution in [0.1, 0.15) is 28.9 Å². The molecule has 23 heavy (non-hydrogen) atoms. The van der Waals surface area contributed by atoms with Gasteiger partial charge in [-0.2, -0.15) is 0 Å². The van der Waals surface area contributed by atoms with E-state index in [1.54, 1.807) is 18.4 Å². The minimum absolute atomic E-state index is 0.218. The van der Waals surface area contributed by atoms with Crippen molar-refractivity contribution in [2.75, 3.05) is 0 Å². The van der Waals surface area contributed by atoms with Crippen LogP contribution in [0.4, 0.5) is 0 Å². The number of rotatable bonds is 5. The van der Waals surface area contributed by atoms with Gasteiger partial charge in [0.2, 0.25) is 5.91 Å². The van der Waals surface area contributed by atoms with E-state index >= 15 is 0 Å². The Bertz CT molecular complexity index is 785. The molecule has 1 atom stereocenters. The average molecular weight is 307 g/mol. The van der Waals surface area contributed by atoms with Gasteiger partial charge in [0.1, 0.15) is 23.3 Å². The Hall–Kier alpha value is -3.01. The summed E-state index contributed by atoms with van der Waals surface area (Å²) in [5.74, 6) is 1.92. The molecule has 0 saturated carbocycles. The second-order valence-electron chi connectivity index (χ2n) is 5.15. The number of carbonyl (C=O) groups excluding carboxylic acids is 1. The molecule has 0 fully saturated rings. The fraction of sp³-hybridized carbons (Fsp3) is 0.105. The first kappa shape index (κ1) is 14.9.